The molecule has 0 spiro atoms. The van der Waals surface area contributed by atoms with Gasteiger partial charge in [-0.05, 0) is 100 Å². The van der Waals surface area contributed by atoms with Gasteiger partial charge in [-0.3, -0.25) is 0 Å². The maximum absolute atomic E-state index is 6.29. The van der Waals surface area contributed by atoms with E-state index in [0.717, 1.165) is 66.8 Å². The molecule has 4 nitrogen and oxygen atoms in total. The van der Waals surface area contributed by atoms with Crippen LogP contribution in [-0.4, -0.2) is 4.98 Å². The molecule has 0 N–H and O–H groups in total. The van der Waals surface area contributed by atoms with Gasteiger partial charge in [0.15, 0.2) is 5.58 Å². The lowest BCUT2D eigenvalue weighted by Crippen LogP contribution is -2.09. The minimum atomic E-state index is 0.604. The van der Waals surface area contributed by atoms with Crippen molar-refractivity contribution in [1.82, 2.24) is 4.98 Å². The zero-order valence-electron chi connectivity index (χ0n) is 28.7. The molecule has 0 atom stereocenters. The number of furan rings is 1. The van der Waals surface area contributed by atoms with Crippen LogP contribution >= 0.6 is 0 Å². The van der Waals surface area contributed by atoms with Crippen molar-refractivity contribution in [1.29, 1.82) is 0 Å². The van der Waals surface area contributed by atoms with Gasteiger partial charge in [0.1, 0.15) is 16.7 Å². The largest absolute Gasteiger partial charge is 0.456 e. The Morgan fingerprint density at radius 2 is 0.830 bits per heavy atom. The molecule has 10 rings (SSSR count). The third-order valence-electron chi connectivity index (χ3n) is 9.90. The van der Waals surface area contributed by atoms with Crippen LogP contribution in [0.2, 0.25) is 0 Å². The number of nitrogens with zero attached hydrogens (tertiary/aromatic N) is 2. The van der Waals surface area contributed by atoms with Crippen LogP contribution in [0.4, 0.5) is 17.1 Å². The van der Waals surface area contributed by atoms with Crippen LogP contribution in [0.25, 0.3) is 77.9 Å². The molecule has 0 aliphatic rings. The van der Waals surface area contributed by atoms with E-state index >= 15 is 0 Å². The lowest BCUT2D eigenvalue weighted by molar-refractivity contribution is 0.620. The van der Waals surface area contributed by atoms with Crippen LogP contribution in [0, 0.1) is 0 Å². The molecule has 0 unspecified atom stereocenters. The second-order valence-corrected chi connectivity index (χ2v) is 13.2. The quantitative estimate of drug-likeness (QED) is 0.168. The molecule has 4 heteroatoms. The molecule has 0 amide bonds. The van der Waals surface area contributed by atoms with Gasteiger partial charge in [0.05, 0.1) is 0 Å². The van der Waals surface area contributed by atoms with Gasteiger partial charge >= 0.3 is 0 Å². The summed E-state index contributed by atoms with van der Waals surface area (Å²) in [6, 6.07) is 67.8. The van der Waals surface area contributed by atoms with Crippen molar-refractivity contribution in [3.8, 4) is 44.8 Å². The first kappa shape index (κ1) is 30.6. The molecule has 0 aliphatic heterocycles. The second-order valence-electron chi connectivity index (χ2n) is 13.2. The van der Waals surface area contributed by atoms with E-state index in [2.05, 4.69) is 157 Å². The molecule has 53 heavy (non-hydrogen) atoms. The first-order chi connectivity index (χ1) is 26.2. The molecule has 0 bridgehead atoms. The van der Waals surface area contributed by atoms with E-state index in [4.69, 9.17) is 13.8 Å². The highest BCUT2D eigenvalue weighted by Crippen LogP contribution is 2.39. The molecule has 0 saturated heterocycles. The molecule has 0 radical (unpaired) electrons. The van der Waals surface area contributed by atoms with Crippen LogP contribution in [0.3, 0.4) is 0 Å². The summed E-state index contributed by atoms with van der Waals surface area (Å²) in [4.78, 5) is 7.05. The Kier molecular flexibility index (Phi) is 7.43. The van der Waals surface area contributed by atoms with Gasteiger partial charge < -0.3 is 13.7 Å². The van der Waals surface area contributed by atoms with E-state index in [1.165, 1.54) is 22.3 Å². The highest BCUT2D eigenvalue weighted by Gasteiger charge is 2.16. The summed E-state index contributed by atoms with van der Waals surface area (Å²) < 4.78 is 12.5. The molecule has 2 aromatic heterocycles. The summed E-state index contributed by atoms with van der Waals surface area (Å²) in [6.07, 6.45) is 0. The molecule has 2 heterocycles. The highest BCUT2D eigenvalue weighted by atomic mass is 16.4. The molecule has 0 saturated carbocycles. The minimum absolute atomic E-state index is 0.604. The number of anilines is 3. The summed E-state index contributed by atoms with van der Waals surface area (Å²) in [5.74, 6) is 0.604. The van der Waals surface area contributed by atoms with Crippen molar-refractivity contribution >= 4 is 50.1 Å². The van der Waals surface area contributed by atoms with E-state index in [1.54, 1.807) is 0 Å². The van der Waals surface area contributed by atoms with Gasteiger partial charge in [0.2, 0.25) is 5.89 Å². The minimum Gasteiger partial charge on any atom is -0.456 e. The van der Waals surface area contributed by atoms with Gasteiger partial charge in [-0.15, -0.1) is 0 Å². The number of rotatable bonds is 7. The summed E-state index contributed by atoms with van der Waals surface area (Å²) in [7, 11) is 0. The third kappa shape index (κ3) is 5.73. The van der Waals surface area contributed by atoms with Gasteiger partial charge in [-0.25, -0.2) is 4.98 Å². The Balaban J connectivity index is 0.983. The van der Waals surface area contributed by atoms with Gasteiger partial charge in [-0.2, -0.15) is 0 Å². The van der Waals surface area contributed by atoms with Crippen LogP contribution in [0.15, 0.2) is 203 Å². The third-order valence-corrected chi connectivity index (χ3v) is 9.90. The Morgan fingerprint density at radius 1 is 0.321 bits per heavy atom. The predicted molar refractivity (Wildman–Crippen MR) is 218 cm³/mol. The van der Waals surface area contributed by atoms with E-state index in [-0.39, 0.29) is 0 Å². The van der Waals surface area contributed by atoms with Crippen molar-refractivity contribution in [3.63, 3.8) is 0 Å². The maximum Gasteiger partial charge on any atom is 0.227 e. The average Bonchev–Trinajstić information content (AvgIpc) is 3.82. The Bertz CT molecular complexity index is 2860. The van der Waals surface area contributed by atoms with E-state index < -0.39 is 0 Å². The second kappa shape index (κ2) is 12.9. The number of fused-ring (bicyclic) bond motifs is 4. The normalized spacial score (nSPS) is 11.4. The van der Waals surface area contributed by atoms with Crippen LogP contribution < -0.4 is 4.90 Å². The standard InChI is InChI=1S/C49H32N2O2/c1-4-11-33(12-5-1)34-19-21-35(22-20-34)38-15-10-18-42(29-38)51(40-16-8-3-9-17-40)41-26-23-36(24-27-41)39-25-28-46-43(30-39)44-31-48-45(32-47(44)52-46)50-49(53-48)37-13-6-2-7-14-37/h1-32H. The van der Waals surface area contributed by atoms with Crippen molar-refractivity contribution in [2.75, 3.05) is 4.90 Å². The van der Waals surface area contributed by atoms with Crippen LogP contribution in [-0.2, 0) is 0 Å². The zero-order valence-corrected chi connectivity index (χ0v) is 28.7. The molecular formula is C49H32N2O2. The highest BCUT2D eigenvalue weighted by molar-refractivity contribution is 6.10. The molecule has 0 aliphatic carbocycles. The topological polar surface area (TPSA) is 42.4 Å². The van der Waals surface area contributed by atoms with Crippen LogP contribution in [0.1, 0.15) is 0 Å². The zero-order chi connectivity index (χ0) is 35.1. The smallest absolute Gasteiger partial charge is 0.227 e. The van der Waals surface area contributed by atoms with Crippen molar-refractivity contribution < 1.29 is 8.83 Å². The van der Waals surface area contributed by atoms with Crippen LogP contribution in [0.5, 0.6) is 0 Å². The van der Waals surface area contributed by atoms with E-state index in [9.17, 15) is 0 Å². The van der Waals surface area contributed by atoms with Crippen molar-refractivity contribution in [2.24, 2.45) is 0 Å². The molecule has 250 valence electrons. The molecular weight excluding hydrogens is 649 g/mol. The fourth-order valence-electron chi connectivity index (χ4n) is 7.22. The summed E-state index contributed by atoms with van der Waals surface area (Å²) in [5.41, 5.74) is 14.4. The Hall–Kier alpha value is -7.17. The number of oxazole rings is 1. The first-order valence-electron chi connectivity index (χ1n) is 17.8. The first-order valence-corrected chi connectivity index (χ1v) is 17.8. The Morgan fingerprint density at radius 3 is 1.55 bits per heavy atom. The summed E-state index contributed by atoms with van der Waals surface area (Å²) in [5, 5.41) is 2.05. The number of hydrogen-bond acceptors (Lipinski definition) is 4. The van der Waals surface area contributed by atoms with Crippen molar-refractivity contribution in [2.45, 2.75) is 0 Å². The SMILES string of the molecule is c1ccc(-c2ccc(-c3cccc(N(c4ccccc4)c4ccc(-c5ccc6oc7cc8nc(-c9ccccc9)oc8cc7c6c5)cc4)c3)cc2)cc1. The fraction of sp³-hybridized carbons (Fsp3) is 0. The number of hydrogen-bond donors (Lipinski definition) is 0. The van der Waals surface area contributed by atoms with Gasteiger partial charge in [0.25, 0.3) is 0 Å². The fourth-order valence-corrected chi connectivity index (χ4v) is 7.22. The molecule has 8 aromatic carbocycles. The van der Waals surface area contributed by atoms with Gasteiger partial charge in [0, 0.05) is 39.5 Å². The summed E-state index contributed by atoms with van der Waals surface area (Å²) >= 11 is 0. The monoisotopic (exact) mass is 680 g/mol. The van der Waals surface area contributed by atoms with E-state index in [0.29, 0.717) is 5.89 Å². The van der Waals surface area contributed by atoms with E-state index in [1.807, 2.05) is 42.5 Å². The number of para-hydroxylation sites is 1. The predicted octanol–water partition coefficient (Wildman–Crippen LogP) is 13.9. The lowest BCUT2D eigenvalue weighted by atomic mass is 9.99. The number of aromatic nitrogens is 1. The number of benzene rings is 8. The molecule has 10 aromatic rings. The average molecular weight is 681 g/mol. The maximum atomic E-state index is 6.29. The van der Waals surface area contributed by atoms with Crippen molar-refractivity contribution in [3.05, 3.63) is 194 Å². The molecule has 0 fully saturated rings. The lowest BCUT2D eigenvalue weighted by Gasteiger charge is -2.26. The summed E-state index contributed by atoms with van der Waals surface area (Å²) in [6.45, 7) is 0. The Labute approximate surface area is 306 Å². The van der Waals surface area contributed by atoms with Gasteiger partial charge in [-0.1, -0.05) is 121 Å².